The molecule has 2 aromatic rings. The number of hydrogen-bond donors (Lipinski definition) is 0. The van der Waals surface area contributed by atoms with Crippen LogP contribution in [-0.2, 0) is 28.4 Å². The standard InChI is InChI=1S/C15H21BrN6O3S/c1-11-15(16)12(2)22(18-11)10-14(23)20-4-6-21(7-5-20)26(24,25)13-8-17-19(3)9-13/h8-9H,4-7,10H2,1-3H3. The molecule has 3 heterocycles. The van der Waals surface area contributed by atoms with Crippen LogP contribution in [0, 0.1) is 13.8 Å². The highest BCUT2D eigenvalue weighted by atomic mass is 79.9. The Hall–Kier alpha value is -1.72. The van der Waals surface area contributed by atoms with E-state index >= 15 is 0 Å². The molecule has 0 saturated carbocycles. The fourth-order valence-corrected chi connectivity index (χ4v) is 4.61. The van der Waals surface area contributed by atoms with Crippen LogP contribution < -0.4 is 0 Å². The highest BCUT2D eigenvalue weighted by molar-refractivity contribution is 9.10. The minimum atomic E-state index is -3.57. The van der Waals surface area contributed by atoms with Crippen LogP contribution in [0.4, 0.5) is 0 Å². The van der Waals surface area contributed by atoms with E-state index < -0.39 is 10.0 Å². The molecule has 26 heavy (non-hydrogen) atoms. The van der Waals surface area contributed by atoms with Gasteiger partial charge in [0.05, 0.1) is 22.1 Å². The van der Waals surface area contributed by atoms with Gasteiger partial charge >= 0.3 is 0 Å². The quantitative estimate of drug-likeness (QED) is 0.685. The average molecular weight is 445 g/mol. The summed E-state index contributed by atoms with van der Waals surface area (Å²) in [5.41, 5.74) is 1.73. The number of nitrogens with zero attached hydrogens (tertiary/aromatic N) is 6. The smallest absolute Gasteiger partial charge is 0.246 e. The molecule has 1 fully saturated rings. The number of carbonyl (C=O) groups is 1. The third-order valence-electron chi connectivity index (χ3n) is 4.49. The van der Waals surface area contributed by atoms with Crippen molar-refractivity contribution in [2.45, 2.75) is 25.3 Å². The molecule has 1 aliphatic rings. The fraction of sp³-hybridized carbons (Fsp3) is 0.533. The monoisotopic (exact) mass is 444 g/mol. The van der Waals surface area contributed by atoms with Gasteiger partial charge in [-0.15, -0.1) is 0 Å². The zero-order valence-electron chi connectivity index (χ0n) is 14.9. The van der Waals surface area contributed by atoms with Crippen LogP contribution in [0.25, 0.3) is 0 Å². The van der Waals surface area contributed by atoms with Gasteiger partial charge in [0.2, 0.25) is 15.9 Å². The maximum Gasteiger partial charge on any atom is 0.246 e. The zero-order valence-corrected chi connectivity index (χ0v) is 17.3. The second-order valence-electron chi connectivity index (χ2n) is 6.28. The number of hydrogen-bond acceptors (Lipinski definition) is 5. The number of aryl methyl sites for hydroxylation is 2. The first-order valence-corrected chi connectivity index (χ1v) is 10.4. The minimum Gasteiger partial charge on any atom is -0.338 e. The van der Waals surface area contributed by atoms with E-state index in [0.29, 0.717) is 13.1 Å². The van der Waals surface area contributed by atoms with Crippen LogP contribution >= 0.6 is 15.9 Å². The summed E-state index contributed by atoms with van der Waals surface area (Å²) in [4.78, 5) is 14.4. The lowest BCUT2D eigenvalue weighted by Gasteiger charge is -2.33. The number of rotatable bonds is 4. The summed E-state index contributed by atoms with van der Waals surface area (Å²) in [6.07, 6.45) is 2.82. The van der Waals surface area contributed by atoms with Crippen molar-refractivity contribution in [3.05, 3.63) is 28.3 Å². The first-order valence-electron chi connectivity index (χ1n) is 8.16. The Bertz CT molecular complexity index is 927. The first kappa shape index (κ1) is 19.1. The maximum absolute atomic E-state index is 12.6. The minimum absolute atomic E-state index is 0.0680. The Labute approximate surface area is 160 Å². The van der Waals surface area contributed by atoms with E-state index in [0.717, 1.165) is 15.9 Å². The molecule has 0 N–H and O–H groups in total. The van der Waals surface area contributed by atoms with Crippen molar-refractivity contribution in [3.8, 4) is 0 Å². The molecule has 0 bridgehead atoms. The molecule has 1 aliphatic heterocycles. The third-order valence-corrected chi connectivity index (χ3v) is 7.49. The Morgan fingerprint density at radius 1 is 1.23 bits per heavy atom. The molecular formula is C15H21BrN6O3S. The lowest BCUT2D eigenvalue weighted by Crippen LogP contribution is -2.51. The van der Waals surface area contributed by atoms with E-state index in [-0.39, 0.29) is 30.4 Å². The van der Waals surface area contributed by atoms with Crippen LogP contribution in [-0.4, -0.2) is 69.3 Å². The molecule has 9 nitrogen and oxygen atoms in total. The van der Waals surface area contributed by atoms with Crippen molar-refractivity contribution in [1.82, 2.24) is 28.8 Å². The van der Waals surface area contributed by atoms with Crippen molar-refractivity contribution < 1.29 is 13.2 Å². The van der Waals surface area contributed by atoms with Gasteiger partial charge in [-0.2, -0.15) is 14.5 Å². The largest absolute Gasteiger partial charge is 0.338 e. The van der Waals surface area contributed by atoms with E-state index in [4.69, 9.17) is 0 Å². The Kier molecular flexibility index (Phi) is 5.22. The summed E-state index contributed by atoms with van der Waals surface area (Å²) in [6.45, 7) is 5.18. The molecule has 0 radical (unpaired) electrons. The average Bonchev–Trinajstić information content (AvgIpc) is 3.15. The number of sulfonamides is 1. The summed E-state index contributed by atoms with van der Waals surface area (Å²) < 4.78 is 30.6. The normalized spacial score (nSPS) is 16.2. The van der Waals surface area contributed by atoms with Crippen molar-refractivity contribution in [2.24, 2.45) is 7.05 Å². The molecule has 1 amide bonds. The Balaban J connectivity index is 1.63. The predicted molar refractivity (Wildman–Crippen MR) is 97.9 cm³/mol. The van der Waals surface area contributed by atoms with E-state index in [1.54, 1.807) is 16.6 Å². The Morgan fingerprint density at radius 3 is 2.38 bits per heavy atom. The van der Waals surface area contributed by atoms with Gasteiger partial charge in [0.1, 0.15) is 11.4 Å². The van der Waals surface area contributed by atoms with Gasteiger partial charge in [-0.1, -0.05) is 0 Å². The van der Waals surface area contributed by atoms with E-state index in [1.807, 2.05) is 13.8 Å². The molecule has 11 heteroatoms. The summed E-state index contributed by atoms with van der Waals surface area (Å²) in [6, 6.07) is 0. The second-order valence-corrected chi connectivity index (χ2v) is 9.01. The van der Waals surface area contributed by atoms with Crippen molar-refractivity contribution in [2.75, 3.05) is 26.2 Å². The summed E-state index contributed by atoms with van der Waals surface area (Å²) in [5, 5.41) is 8.27. The molecule has 0 atom stereocenters. The number of amides is 1. The molecule has 142 valence electrons. The zero-order chi connectivity index (χ0) is 19.1. The van der Waals surface area contributed by atoms with Crippen molar-refractivity contribution in [1.29, 1.82) is 0 Å². The lowest BCUT2D eigenvalue weighted by atomic mass is 10.3. The van der Waals surface area contributed by atoms with Gasteiger partial charge in [-0.3, -0.25) is 14.2 Å². The Morgan fingerprint density at radius 2 is 1.88 bits per heavy atom. The maximum atomic E-state index is 12.6. The van der Waals surface area contributed by atoms with Gasteiger partial charge in [0.25, 0.3) is 0 Å². The second kappa shape index (κ2) is 7.12. The van der Waals surface area contributed by atoms with Gasteiger partial charge in [0, 0.05) is 39.4 Å². The molecule has 1 saturated heterocycles. The molecule has 0 spiro atoms. The van der Waals surface area contributed by atoms with E-state index in [1.165, 1.54) is 21.4 Å². The number of aromatic nitrogens is 4. The van der Waals surface area contributed by atoms with Gasteiger partial charge in [-0.05, 0) is 29.8 Å². The first-order chi connectivity index (χ1) is 12.2. The van der Waals surface area contributed by atoms with Crippen LogP contribution in [0.15, 0.2) is 21.8 Å². The van der Waals surface area contributed by atoms with Crippen LogP contribution in [0.1, 0.15) is 11.4 Å². The molecule has 2 aromatic heterocycles. The molecular weight excluding hydrogens is 424 g/mol. The van der Waals surface area contributed by atoms with Gasteiger partial charge in [0.15, 0.2) is 0 Å². The third kappa shape index (κ3) is 3.55. The van der Waals surface area contributed by atoms with Crippen molar-refractivity contribution >= 4 is 31.9 Å². The molecule has 0 aliphatic carbocycles. The topological polar surface area (TPSA) is 93.3 Å². The number of carbonyl (C=O) groups excluding carboxylic acids is 1. The predicted octanol–water partition coefficient (Wildman–Crippen LogP) is 0.529. The highest BCUT2D eigenvalue weighted by Gasteiger charge is 2.31. The number of halogens is 1. The fourth-order valence-electron chi connectivity index (χ4n) is 2.92. The van der Waals surface area contributed by atoms with Crippen LogP contribution in [0.2, 0.25) is 0 Å². The lowest BCUT2D eigenvalue weighted by molar-refractivity contribution is -0.133. The van der Waals surface area contributed by atoms with Crippen LogP contribution in [0.5, 0.6) is 0 Å². The van der Waals surface area contributed by atoms with E-state index in [9.17, 15) is 13.2 Å². The molecule has 0 aromatic carbocycles. The SMILES string of the molecule is Cc1nn(CC(=O)N2CCN(S(=O)(=O)c3cnn(C)c3)CC2)c(C)c1Br. The van der Waals surface area contributed by atoms with Gasteiger partial charge in [-0.25, -0.2) is 8.42 Å². The summed E-state index contributed by atoms with van der Waals surface area (Å²) >= 11 is 3.45. The van der Waals surface area contributed by atoms with E-state index in [2.05, 4.69) is 26.1 Å². The molecule has 0 unspecified atom stereocenters. The van der Waals surface area contributed by atoms with Crippen LogP contribution in [0.3, 0.4) is 0 Å². The van der Waals surface area contributed by atoms with Crippen molar-refractivity contribution in [3.63, 3.8) is 0 Å². The summed E-state index contributed by atoms with van der Waals surface area (Å²) in [5.74, 6) is -0.0680. The highest BCUT2D eigenvalue weighted by Crippen LogP contribution is 2.20. The number of piperazine rings is 1. The summed E-state index contributed by atoms with van der Waals surface area (Å²) in [7, 11) is -1.90. The van der Waals surface area contributed by atoms with Gasteiger partial charge < -0.3 is 4.90 Å². The molecule has 3 rings (SSSR count).